The minimum atomic E-state index is -0.427. The van der Waals surface area contributed by atoms with Crippen molar-refractivity contribution in [3.8, 4) is 0 Å². The highest BCUT2D eigenvalue weighted by atomic mass is 16.5. The molecule has 0 aliphatic heterocycles. The quantitative estimate of drug-likeness (QED) is 0.485. The Morgan fingerprint density at radius 2 is 1.77 bits per heavy atom. The predicted octanol–water partition coefficient (Wildman–Crippen LogP) is 5.33. The molecule has 0 saturated heterocycles. The van der Waals surface area contributed by atoms with Crippen LogP contribution < -0.4 is 0 Å². The lowest BCUT2D eigenvalue weighted by Crippen LogP contribution is -2.67. The maximum Gasteiger partial charge on any atom is 0.302 e. The number of hydrogen-bond donors (Lipinski definition) is 1. The van der Waals surface area contributed by atoms with Crippen molar-refractivity contribution in [2.45, 2.75) is 92.6 Å². The molecule has 0 amide bonds. The molecule has 0 bridgehead atoms. The molecule has 8 atom stereocenters. The zero-order valence-corrected chi connectivity index (χ0v) is 20.4. The second kappa shape index (κ2) is 7.43. The van der Waals surface area contributed by atoms with E-state index in [2.05, 4.69) is 40.7 Å². The Morgan fingerprint density at radius 3 is 2.39 bits per heavy atom. The zero-order chi connectivity index (χ0) is 22.8. The number of rotatable bonds is 3. The lowest BCUT2D eigenvalue weighted by Gasteiger charge is -2.70. The van der Waals surface area contributed by atoms with E-state index in [1.807, 2.05) is 0 Å². The van der Waals surface area contributed by atoms with Crippen LogP contribution in [0.4, 0.5) is 0 Å². The Morgan fingerprint density at radius 1 is 1.10 bits per heavy atom. The smallest absolute Gasteiger partial charge is 0.302 e. The van der Waals surface area contributed by atoms with Crippen LogP contribution in [0.3, 0.4) is 0 Å². The third kappa shape index (κ3) is 3.10. The molecule has 4 aliphatic rings. The van der Waals surface area contributed by atoms with Crippen molar-refractivity contribution in [1.29, 1.82) is 0 Å². The number of aldehydes is 1. The van der Waals surface area contributed by atoms with Gasteiger partial charge in [-0.15, -0.1) is 0 Å². The molecule has 4 rings (SSSR count). The average molecular weight is 431 g/mol. The molecule has 174 valence electrons. The summed E-state index contributed by atoms with van der Waals surface area (Å²) in [6.07, 6.45) is 10.6. The van der Waals surface area contributed by atoms with E-state index in [1.54, 1.807) is 0 Å². The zero-order valence-electron chi connectivity index (χ0n) is 20.4. The monoisotopic (exact) mass is 430 g/mol. The van der Waals surface area contributed by atoms with Gasteiger partial charge in [0.25, 0.3) is 0 Å². The van der Waals surface area contributed by atoms with Crippen molar-refractivity contribution in [2.24, 2.45) is 45.3 Å². The van der Waals surface area contributed by atoms with Gasteiger partial charge < -0.3 is 9.84 Å². The van der Waals surface area contributed by atoms with Gasteiger partial charge in [0.15, 0.2) is 0 Å². The molecule has 4 nitrogen and oxygen atoms in total. The Balaban J connectivity index is 1.84. The normalized spacial score (nSPS) is 48.5. The number of fused-ring (bicyclic) bond motifs is 5. The Hall–Kier alpha value is -1.16. The molecule has 3 fully saturated rings. The fourth-order valence-electron chi connectivity index (χ4n) is 9.60. The highest BCUT2D eigenvalue weighted by Crippen LogP contribution is 2.73. The summed E-state index contributed by atoms with van der Waals surface area (Å²) in [5.74, 6) is 0.915. The van der Waals surface area contributed by atoms with E-state index < -0.39 is 5.41 Å². The maximum atomic E-state index is 12.2. The Bertz CT molecular complexity index is 784. The molecule has 0 spiro atoms. The number of esters is 1. The molecule has 3 saturated carbocycles. The van der Waals surface area contributed by atoms with Crippen LogP contribution in [0.5, 0.6) is 0 Å². The third-order valence-electron chi connectivity index (χ3n) is 10.9. The largest absolute Gasteiger partial charge is 0.462 e. The van der Waals surface area contributed by atoms with Crippen LogP contribution in [0.2, 0.25) is 0 Å². The highest BCUT2D eigenvalue weighted by molar-refractivity contribution is 5.75. The molecule has 4 heteroatoms. The van der Waals surface area contributed by atoms with Gasteiger partial charge in [-0.05, 0) is 78.1 Å². The molecule has 0 aromatic rings. The maximum absolute atomic E-state index is 12.2. The van der Waals surface area contributed by atoms with E-state index in [1.165, 1.54) is 39.0 Å². The van der Waals surface area contributed by atoms with Gasteiger partial charge in [-0.2, -0.15) is 0 Å². The summed E-state index contributed by atoms with van der Waals surface area (Å²) in [7, 11) is 0. The first-order valence-electron chi connectivity index (χ1n) is 12.4. The van der Waals surface area contributed by atoms with Crippen molar-refractivity contribution in [3.05, 3.63) is 11.6 Å². The topological polar surface area (TPSA) is 63.6 Å². The highest BCUT2D eigenvalue weighted by Gasteiger charge is 2.68. The minimum absolute atomic E-state index is 0.0803. The molecule has 5 unspecified atom stereocenters. The van der Waals surface area contributed by atoms with Gasteiger partial charge >= 0.3 is 5.97 Å². The van der Waals surface area contributed by atoms with E-state index in [4.69, 9.17) is 4.74 Å². The number of ether oxygens (including phenoxy) is 1. The van der Waals surface area contributed by atoms with Gasteiger partial charge in [-0.1, -0.05) is 47.1 Å². The van der Waals surface area contributed by atoms with Gasteiger partial charge in [0.05, 0.1) is 6.61 Å². The summed E-state index contributed by atoms with van der Waals surface area (Å²) in [6.45, 7) is 13.5. The number of carbonyl (C=O) groups is 2. The van der Waals surface area contributed by atoms with Gasteiger partial charge in [0, 0.05) is 18.3 Å². The van der Waals surface area contributed by atoms with Gasteiger partial charge in [0.2, 0.25) is 0 Å². The van der Waals surface area contributed by atoms with E-state index in [0.717, 1.165) is 19.1 Å². The first-order valence-corrected chi connectivity index (χ1v) is 12.4. The standard InChI is InChI=1S/C27H42O4/c1-17(30)31-23-14-22-25(4)12-7-11-24(2,3)20(25)10-13-26(22,5)21-9-8-18(15-28)19(16-29)27(21,23)6/h8,15,19-23,29H,7,9-14,16H2,1-6H3/t19?,20?,21?,22?,23?,25-,26-,27+/m0/s1. The van der Waals surface area contributed by atoms with Crippen molar-refractivity contribution >= 4 is 12.3 Å². The molecule has 4 aliphatic carbocycles. The number of aliphatic hydroxyl groups is 1. The summed E-state index contributed by atoms with van der Waals surface area (Å²) >= 11 is 0. The first kappa shape index (κ1) is 23.0. The van der Waals surface area contributed by atoms with Crippen LogP contribution in [0, 0.1) is 45.3 Å². The van der Waals surface area contributed by atoms with Crippen LogP contribution in [-0.2, 0) is 14.3 Å². The second-order valence-corrected chi connectivity index (χ2v) is 12.5. The summed E-state index contributed by atoms with van der Waals surface area (Å²) < 4.78 is 6.07. The fraction of sp³-hybridized carbons (Fsp3) is 0.852. The molecular formula is C27H42O4. The predicted molar refractivity (Wildman–Crippen MR) is 121 cm³/mol. The Labute approximate surface area is 188 Å². The average Bonchev–Trinajstić information content (AvgIpc) is 2.67. The number of hydrogen-bond acceptors (Lipinski definition) is 4. The van der Waals surface area contributed by atoms with Crippen LogP contribution in [0.15, 0.2) is 11.6 Å². The van der Waals surface area contributed by atoms with Crippen molar-refractivity contribution in [3.63, 3.8) is 0 Å². The third-order valence-corrected chi connectivity index (χ3v) is 10.9. The van der Waals surface area contributed by atoms with Gasteiger partial charge in [-0.25, -0.2) is 0 Å². The lowest BCUT2D eigenvalue weighted by molar-refractivity contribution is -0.242. The second-order valence-electron chi connectivity index (χ2n) is 12.5. The van der Waals surface area contributed by atoms with E-state index in [9.17, 15) is 14.7 Å². The van der Waals surface area contributed by atoms with Crippen LogP contribution >= 0.6 is 0 Å². The molecule has 0 aromatic heterocycles. The summed E-state index contributed by atoms with van der Waals surface area (Å²) in [4.78, 5) is 24.1. The van der Waals surface area contributed by atoms with Gasteiger partial charge in [0.1, 0.15) is 12.4 Å². The molecular weight excluding hydrogens is 388 g/mol. The van der Waals surface area contributed by atoms with Crippen LogP contribution in [0.25, 0.3) is 0 Å². The molecule has 1 N–H and O–H groups in total. The van der Waals surface area contributed by atoms with E-state index in [0.29, 0.717) is 22.8 Å². The van der Waals surface area contributed by atoms with Crippen LogP contribution in [-0.4, -0.2) is 30.1 Å². The number of allylic oxidation sites excluding steroid dienone is 1. The molecule has 0 heterocycles. The molecule has 31 heavy (non-hydrogen) atoms. The minimum Gasteiger partial charge on any atom is -0.462 e. The van der Waals surface area contributed by atoms with Crippen molar-refractivity contribution < 1.29 is 19.4 Å². The summed E-state index contributed by atoms with van der Waals surface area (Å²) in [6, 6.07) is 0. The van der Waals surface area contributed by atoms with Crippen molar-refractivity contribution in [2.75, 3.05) is 6.61 Å². The van der Waals surface area contributed by atoms with E-state index >= 15 is 0 Å². The lowest BCUT2D eigenvalue weighted by atomic mass is 9.34. The SMILES string of the molecule is CC(=O)OC1CC2[C@@]3(C)CCCC(C)(C)C3CC[C@@]2(C)C2CC=C(C=O)C(CO)[C@@]12C. The van der Waals surface area contributed by atoms with E-state index in [-0.39, 0.29) is 41.3 Å². The fourth-order valence-corrected chi connectivity index (χ4v) is 9.60. The van der Waals surface area contributed by atoms with Gasteiger partial charge in [-0.3, -0.25) is 9.59 Å². The van der Waals surface area contributed by atoms with Crippen molar-refractivity contribution in [1.82, 2.24) is 0 Å². The Kier molecular flexibility index (Phi) is 5.52. The first-order chi connectivity index (χ1) is 14.4. The molecule has 0 radical (unpaired) electrons. The number of aliphatic hydroxyl groups excluding tert-OH is 1. The molecule has 0 aromatic carbocycles. The van der Waals surface area contributed by atoms with Crippen LogP contribution in [0.1, 0.15) is 86.5 Å². The number of carbonyl (C=O) groups excluding carboxylic acids is 2. The summed E-state index contributed by atoms with van der Waals surface area (Å²) in [5.41, 5.74) is 0.945. The summed E-state index contributed by atoms with van der Waals surface area (Å²) in [5, 5.41) is 10.4.